The quantitative estimate of drug-likeness (QED) is 0.840. The number of aryl methyl sites for hydroxylation is 2. The van der Waals surface area contributed by atoms with Gasteiger partial charge in [-0.15, -0.1) is 0 Å². The van der Waals surface area contributed by atoms with E-state index in [1.807, 2.05) is 68.5 Å². The number of allylic oxidation sites excluding steroid dienone is 4. The zero-order valence-electron chi connectivity index (χ0n) is 10.7. The zero-order chi connectivity index (χ0) is 13.0. The molecule has 1 aromatic rings. The van der Waals surface area contributed by atoms with Gasteiger partial charge in [0, 0.05) is 5.69 Å². The number of benzene rings is 1. The summed E-state index contributed by atoms with van der Waals surface area (Å²) in [5.74, 6) is -0.206. The molecule has 0 saturated carbocycles. The molecule has 0 unspecified atom stereocenters. The number of amides is 1. The Morgan fingerprint density at radius 2 is 1.56 bits per heavy atom. The fraction of sp³-hybridized carbons (Fsp3) is 0.188. The van der Waals surface area contributed by atoms with Gasteiger partial charge in [-0.1, -0.05) is 54.7 Å². The van der Waals surface area contributed by atoms with Gasteiger partial charge in [0.2, 0.25) is 5.91 Å². The molecule has 1 aromatic carbocycles. The van der Waals surface area contributed by atoms with Gasteiger partial charge in [-0.2, -0.15) is 0 Å². The molecule has 92 valence electrons. The highest BCUT2D eigenvalue weighted by atomic mass is 16.1. The molecule has 0 atom stereocenters. The maximum Gasteiger partial charge on any atom is 0.235 e. The van der Waals surface area contributed by atoms with Gasteiger partial charge in [-0.3, -0.25) is 4.79 Å². The molecule has 0 fully saturated rings. The molecule has 1 aliphatic rings. The van der Waals surface area contributed by atoms with Gasteiger partial charge in [0.1, 0.15) is 0 Å². The van der Waals surface area contributed by atoms with E-state index in [4.69, 9.17) is 0 Å². The summed E-state index contributed by atoms with van der Waals surface area (Å²) in [5.41, 5.74) is 3.09. The summed E-state index contributed by atoms with van der Waals surface area (Å²) < 4.78 is 0. The lowest BCUT2D eigenvalue weighted by molar-refractivity contribution is -0.117. The summed E-state index contributed by atoms with van der Waals surface area (Å²) in [7, 11) is 0. The number of anilines is 1. The first-order valence-electron chi connectivity index (χ1n) is 6.07. The van der Waals surface area contributed by atoms with Gasteiger partial charge in [0.05, 0.1) is 5.92 Å². The maximum atomic E-state index is 12.2. The normalized spacial score (nSPS) is 14.6. The van der Waals surface area contributed by atoms with Crippen molar-refractivity contribution in [2.45, 2.75) is 13.8 Å². The Morgan fingerprint density at radius 1 is 1.00 bits per heavy atom. The van der Waals surface area contributed by atoms with Crippen LogP contribution in [0.2, 0.25) is 0 Å². The molecule has 0 spiro atoms. The van der Waals surface area contributed by atoms with Crippen LogP contribution in [0.1, 0.15) is 11.1 Å². The largest absolute Gasteiger partial charge is 0.325 e. The second kappa shape index (κ2) is 5.50. The summed E-state index contributed by atoms with van der Waals surface area (Å²) in [6.45, 7) is 4.01. The first kappa shape index (κ1) is 12.4. The molecule has 0 radical (unpaired) electrons. The van der Waals surface area contributed by atoms with Crippen molar-refractivity contribution in [2.24, 2.45) is 5.92 Å². The van der Waals surface area contributed by atoms with E-state index in [1.54, 1.807) is 0 Å². The molecule has 0 aromatic heterocycles. The minimum Gasteiger partial charge on any atom is -0.325 e. The molecular formula is C16H17NO. The molecular weight excluding hydrogens is 222 g/mol. The standard InChI is InChI=1S/C16H17NO/c1-12-8-7-9-13(2)15(12)17-16(18)14-10-5-3-4-6-11-14/h3-11,14H,1-2H3,(H,17,18). The highest BCUT2D eigenvalue weighted by Crippen LogP contribution is 2.20. The Balaban J connectivity index is 2.17. The number of hydrogen-bond acceptors (Lipinski definition) is 1. The fourth-order valence-corrected chi connectivity index (χ4v) is 1.95. The second-order valence-electron chi connectivity index (χ2n) is 4.44. The molecule has 0 aliphatic heterocycles. The van der Waals surface area contributed by atoms with Crippen molar-refractivity contribution in [1.82, 2.24) is 0 Å². The molecule has 1 aliphatic carbocycles. The predicted molar refractivity (Wildman–Crippen MR) is 75.5 cm³/mol. The van der Waals surface area contributed by atoms with Crippen LogP contribution in [0.4, 0.5) is 5.69 Å². The first-order chi connectivity index (χ1) is 8.68. The Labute approximate surface area is 108 Å². The van der Waals surface area contributed by atoms with Gasteiger partial charge in [0.25, 0.3) is 0 Å². The van der Waals surface area contributed by atoms with Crippen LogP contribution in [-0.4, -0.2) is 5.91 Å². The maximum absolute atomic E-state index is 12.2. The Hall–Kier alpha value is -2.09. The van der Waals surface area contributed by atoms with Gasteiger partial charge in [-0.05, 0) is 25.0 Å². The molecule has 0 bridgehead atoms. The van der Waals surface area contributed by atoms with Crippen LogP contribution in [0, 0.1) is 19.8 Å². The van der Waals surface area contributed by atoms with Crippen LogP contribution in [0.25, 0.3) is 0 Å². The molecule has 2 heteroatoms. The van der Waals surface area contributed by atoms with E-state index in [0.717, 1.165) is 16.8 Å². The lowest BCUT2D eigenvalue weighted by atomic mass is 10.1. The molecule has 2 nitrogen and oxygen atoms in total. The number of rotatable bonds is 2. The first-order valence-corrected chi connectivity index (χ1v) is 6.07. The summed E-state index contributed by atoms with van der Waals surface area (Å²) >= 11 is 0. The predicted octanol–water partition coefficient (Wildman–Crippen LogP) is 3.54. The van der Waals surface area contributed by atoms with E-state index in [-0.39, 0.29) is 11.8 Å². The minimum absolute atomic E-state index is 0.00333. The third kappa shape index (κ3) is 2.77. The number of carbonyl (C=O) groups is 1. The van der Waals surface area contributed by atoms with Crippen LogP contribution in [0.3, 0.4) is 0 Å². The van der Waals surface area contributed by atoms with Crippen LogP contribution in [0.15, 0.2) is 54.7 Å². The highest BCUT2D eigenvalue weighted by molar-refractivity contribution is 5.96. The Bertz CT molecular complexity index is 502. The van der Waals surface area contributed by atoms with E-state index in [1.165, 1.54) is 0 Å². The third-order valence-electron chi connectivity index (χ3n) is 3.00. The number of carbonyl (C=O) groups excluding carboxylic acids is 1. The van der Waals surface area contributed by atoms with Crippen molar-refractivity contribution >= 4 is 11.6 Å². The SMILES string of the molecule is Cc1cccc(C)c1NC(=O)C1C=CC=CC=C1. The number of nitrogens with one attached hydrogen (secondary N) is 1. The van der Waals surface area contributed by atoms with Crippen LogP contribution >= 0.6 is 0 Å². The second-order valence-corrected chi connectivity index (χ2v) is 4.44. The van der Waals surface area contributed by atoms with Gasteiger partial charge in [0.15, 0.2) is 0 Å². The smallest absolute Gasteiger partial charge is 0.235 e. The molecule has 0 saturated heterocycles. The van der Waals surface area contributed by atoms with Gasteiger partial charge >= 0.3 is 0 Å². The fourth-order valence-electron chi connectivity index (χ4n) is 1.95. The van der Waals surface area contributed by atoms with Crippen molar-refractivity contribution in [1.29, 1.82) is 0 Å². The summed E-state index contributed by atoms with van der Waals surface area (Å²) in [5, 5.41) is 3.01. The van der Waals surface area contributed by atoms with Crippen molar-refractivity contribution in [2.75, 3.05) is 5.32 Å². The highest BCUT2D eigenvalue weighted by Gasteiger charge is 2.14. The van der Waals surface area contributed by atoms with Crippen LogP contribution < -0.4 is 5.32 Å². The molecule has 18 heavy (non-hydrogen) atoms. The zero-order valence-corrected chi connectivity index (χ0v) is 10.7. The topological polar surface area (TPSA) is 29.1 Å². The Kier molecular flexibility index (Phi) is 3.78. The monoisotopic (exact) mass is 239 g/mol. The van der Waals surface area contributed by atoms with Crippen molar-refractivity contribution in [3.63, 3.8) is 0 Å². The van der Waals surface area contributed by atoms with E-state index in [2.05, 4.69) is 5.32 Å². The van der Waals surface area contributed by atoms with Crippen molar-refractivity contribution in [3.05, 3.63) is 65.8 Å². The lowest BCUT2D eigenvalue weighted by Gasteiger charge is -2.13. The molecule has 0 heterocycles. The number of para-hydroxylation sites is 1. The molecule has 1 amide bonds. The van der Waals surface area contributed by atoms with Crippen molar-refractivity contribution < 1.29 is 4.79 Å². The van der Waals surface area contributed by atoms with Crippen molar-refractivity contribution in [3.8, 4) is 0 Å². The van der Waals surface area contributed by atoms with E-state index in [0.29, 0.717) is 0 Å². The Morgan fingerprint density at radius 3 is 2.11 bits per heavy atom. The molecule has 2 rings (SSSR count). The van der Waals surface area contributed by atoms with E-state index in [9.17, 15) is 4.79 Å². The van der Waals surface area contributed by atoms with Crippen LogP contribution in [-0.2, 0) is 4.79 Å². The third-order valence-corrected chi connectivity index (χ3v) is 3.00. The average molecular weight is 239 g/mol. The van der Waals surface area contributed by atoms with Gasteiger partial charge in [-0.25, -0.2) is 0 Å². The van der Waals surface area contributed by atoms with E-state index < -0.39 is 0 Å². The summed E-state index contributed by atoms with van der Waals surface area (Å²) in [6, 6.07) is 6.00. The lowest BCUT2D eigenvalue weighted by Crippen LogP contribution is -2.20. The van der Waals surface area contributed by atoms with E-state index >= 15 is 0 Å². The number of hydrogen-bond donors (Lipinski definition) is 1. The summed E-state index contributed by atoms with van der Waals surface area (Å²) in [4.78, 5) is 12.2. The minimum atomic E-state index is -0.209. The average Bonchev–Trinajstić information content (AvgIpc) is 2.62. The van der Waals surface area contributed by atoms with Gasteiger partial charge < -0.3 is 5.32 Å². The molecule has 1 N–H and O–H groups in total. The summed E-state index contributed by atoms with van der Waals surface area (Å²) in [6.07, 6.45) is 11.4. The van der Waals surface area contributed by atoms with Crippen LogP contribution in [0.5, 0.6) is 0 Å².